The van der Waals surface area contributed by atoms with Crippen LogP contribution in [0.25, 0.3) is 66.9 Å². The minimum atomic E-state index is -4.42. The van der Waals surface area contributed by atoms with Crippen molar-refractivity contribution in [3.63, 3.8) is 0 Å². The summed E-state index contributed by atoms with van der Waals surface area (Å²) in [4.78, 5) is 111. The van der Waals surface area contributed by atoms with Crippen molar-refractivity contribution in [3.8, 4) is 68.7 Å². The predicted molar refractivity (Wildman–Crippen MR) is 533 cm³/mol. The van der Waals surface area contributed by atoms with E-state index >= 15 is 0 Å². The Hall–Kier alpha value is -17.4. The molecular formula is C109H101F12N15O14. The molecule has 4 heterocycles. The maximum atomic E-state index is 12.8. The molecule has 780 valence electrons. The summed E-state index contributed by atoms with van der Waals surface area (Å²) in [6, 6.07) is 74.8. The van der Waals surface area contributed by atoms with Gasteiger partial charge < -0.3 is 63.6 Å². The van der Waals surface area contributed by atoms with Crippen molar-refractivity contribution in [2.24, 2.45) is 52.2 Å². The maximum absolute atomic E-state index is 12.8. The van der Waals surface area contributed by atoms with Crippen LogP contribution in [-0.2, 0) is 75.9 Å². The fraction of sp³-hybridized carbons (Fsp3) is 0.229. The van der Waals surface area contributed by atoms with Crippen molar-refractivity contribution < 1.29 is 120 Å². The van der Waals surface area contributed by atoms with Crippen molar-refractivity contribution >= 4 is 91.5 Å². The Morgan fingerprint density at radius 3 is 0.827 bits per heavy atom. The van der Waals surface area contributed by atoms with Gasteiger partial charge >= 0.3 is 36.6 Å². The molecule has 0 spiro atoms. The van der Waals surface area contributed by atoms with E-state index in [1.807, 2.05) is 141 Å². The Morgan fingerprint density at radius 2 is 0.547 bits per heavy atom. The van der Waals surface area contributed by atoms with Crippen molar-refractivity contribution in [2.75, 3.05) is 0 Å². The first kappa shape index (κ1) is 110. The molecule has 0 aliphatic heterocycles. The topological polar surface area (TPSA) is 453 Å². The molecular weight excluding hydrogens is 1970 g/mol. The van der Waals surface area contributed by atoms with Gasteiger partial charge in [0.1, 0.15) is 69.3 Å². The molecule has 0 bridgehead atoms. The number of nitrogens with one attached hydrogen (secondary N) is 1. The monoisotopic (exact) mass is 2070 g/mol. The lowest BCUT2D eigenvalue weighted by molar-refractivity contribution is -0.138. The van der Waals surface area contributed by atoms with Crippen LogP contribution in [0, 0.1) is 17.8 Å². The first-order chi connectivity index (χ1) is 71.3. The predicted octanol–water partition coefficient (Wildman–Crippen LogP) is 21.8. The lowest BCUT2D eigenvalue weighted by Crippen LogP contribution is -2.43. The van der Waals surface area contributed by atoms with Gasteiger partial charge in [-0.05, 0) is 295 Å². The van der Waals surface area contributed by atoms with E-state index in [1.54, 1.807) is 84.9 Å². The number of benzene rings is 12. The summed E-state index contributed by atoms with van der Waals surface area (Å²) >= 11 is 0. The highest BCUT2D eigenvalue weighted by Gasteiger charge is 2.36. The van der Waals surface area contributed by atoms with Gasteiger partial charge in [-0.2, -0.15) is 52.7 Å². The van der Waals surface area contributed by atoms with Crippen molar-refractivity contribution in [1.82, 2.24) is 43.5 Å². The van der Waals surface area contributed by atoms with Crippen molar-refractivity contribution in [2.45, 2.75) is 140 Å². The molecule has 0 aliphatic rings. The maximum Gasteiger partial charge on any atom is 0.416 e. The van der Waals surface area contributed by atoms with E-state index in [9.17, 15) is 91.0 Å². The van der Waals surface area contributed by atoms with Crippen LogP contribution < -0.4 is 58.7 Å². The summed E-state index contributed by atoms with van der Waals surface area (Å²) in [5.74, 6) is -1.60. The zero-order valence-corrected chi connectivity index (χ0v) is 80.2. The number of alkyl halides is 12. The molecule has 12 aromatic carbocycles. The van der Waals surface area contributed by atoms with Gasteiger partial charge in [0.25, 0.3) is 0 Å². The summed E-state index contributed by atoms with van der Waals surface area (Å²) in [7, 11) is 0. The number of carboxylic acids is 2. The van der Waals surface area contributed by atoms with E-state index in [4.69, 9.17) is 83.5 Å². The summed E-state index contributed by atoms with van der Waals surface area (Å²) < 4.78 is 184. The van der Waals surface area contributed by atoms with Crippen LogP contribution in [0.1, 0.15) is 142 Å². The SMILES string of the molecule is CC(CC(CCC(=O)O)C(N)=O)c1nc2ccccc2n1-c1ccc(Oc2ccc(C(F)(F)F)cc2)cc1.CC(NC(CCC(N)=O)C(N)=O)c1nc2ccccc2n1-c1ccc(Oc2ccc(C(F)(F)F)cc2)cc1.NC(=O)C(CCC(=O)O)CCc1nc2ccccc2n1-c1ccc(Oc2ccc(C(F)(F)F)cc2)cc1.NC(=O)CCC(CCc1nc2ccccc2n1-c1ccc(Oc2ccc(C(F)(F)F)cc2)cc1)C(N)=O. The van der Waals surface area contributed by atoms with Crippen LogP contribution in [0.5, 0.6) is 46.0 Å². The van der Waals surface area contributed by atoms with E-state index < -0.39 is 124 Å². The summed E-state index contributed by atoms with van der Waals surface area (Å²) in [5.41, 5.74) is 39.0. The third kappa shape index (κ3) is 29.5. The van der Waals surface area contributed by atoms with Crippen LogP contribution in [-0.4, -0.2) is 102 Å². The average molecular weight is 2070 g/mol. The number of carbonyl (C=O) groups excluding carboxylic acids is 6. The molecule has 29 nitrogen and oxygen atoms in total. The Balaban J connectivity index is 0.000000167. The van der Waals surface area contributed by atoms with Crippen LogP contribution in [0.15, 0.2) is 291 Å². The summed E-state index contributed by atoms with van der Waals surface area (Å²) in [6.07, 6.45) is -15.2. The first-order valence-corrected chi connectivity index (χ1v) is 46.9. The van der Waals surface area contributed by atoms with Gasteiger partial charge in [-0.15, -0.1) is 0 Å². The second-order valence-electron chi connectivity index (χ2n) is 35.0. The molecule has 0 aliphatic carbocycles. The molecule has 0 saturated heterocycles. The lowest BCUT2D eigenvalue weighted by atomic mass is 9.90. The molecule has 150 heavy (non-hydrogen) atoms. The number of ether oxygens (including phenoxy) is 4. The van der Waals surface area contributed by atoms with Gasteiger partial charge in [-0.25, -0.2) is 19.9 Å². The molecule has 16 rings (SSSR count). The van der Waals surface area contributed by atoms with Crippen molar-refractivity contribution in [3.05, 3.63) is 337 Å². The molecule has 6 unspecified atom stereocenters. The highest BCUT2D eigenvalue weighted by molar-refractivity contribution is 5.85. The molecule has 0 fully saturated rings. The van der Waals surface area contributed by atoms with Gasteiger partial charge in [0.15, 0.2) is 0 Å². The minimum absolute atomic E-state index is 0.00410. The smallest absolute Gasteiger partial charge is 0.416 e. The number of aliphatic carboxylic acids is 2. The number of carboxylic acid groups (broad SMARTS) is 2. The number of aromatic nitrogens is 8. The fourth-order valence-electron chi connectivity index (χ4n) is 16.6. The molecule has 15 N–H and O–H groups in total. The fourth-order valence-corrected chi connectivity index (χ4v) is 16.6. The largest absolute Gasteiger partial charge is 0.481 e. The van der Waals surface area contributed by atoms with E-state index in [0.29, 0.717) is 78.4 Å². The Morgan fingerprint density at radius 1 is 0.300 bits per heavy atom. The number of rotatable bonds is 40. The second-order valence-corrected chi connectivity index (χ2v) is 35.0. The number of nitrogens with two attached hydrogens (primary N) is 6. The highest BCUT2D eigenvalue weighted by atomic mass is 19.4. The normalized spacial score (nSPS) is 12.8. The Kier molecular flexibility index (Phi) is 35.7. The number of nitrogens with zero attached hydrogens (tertiary/aromatic N) is 8. The lowest BCUT2D eigenvalue weighted by Gasteiger charge is -2.21. The van der Waals surface area contributed by atoms with E-state index in [1.165, 1.54) is 48.5 Å². The van der Waals surface area contributed by atoms with Crippen molar-refractivity contribution in [1.29, 1.82) is 0 Å². The standard InChI is InChI=1S/C28H26F3N3O4.C27H26F3N5O3.C27H25F3N4O3.C27H24F3N3O4/c1-17(16-18(26(32)37)6-15-25(35)36)27-33-23-4-2-3-5-24(23)34(27)20-9-13-22(14-10-20)38-21-11-7-19(8-12-21)28(29,30)31;1-16(33-22(25(32)37)14-15-24(31)36)26-34-21-4-2-3-5-23(21)35(26)18-8-12-20(13-9-18)38-19-10-6-17(7-11-19)27(28,29)30;28-27(29,30)18-7-11-20(12-8-18)37-21-13-9-19(10-14-21)34-23-4-2-1-3-22(23)33-25(34)16-6-17(26(32)36)5-15-24(31)35;28-27(29,30)18-7-11-20(12-8-18)37-21-13-9-19(10-14-21)33-23-4-2-1-3-22(23)32-24(33)15-5-17(26(31)36)6-16-25(34)35/h2-5,7-14,17-18H,6,15-16H2,1H3,(H2,32,37)(H,35,36);2-13,16,22,33H,14-15H2,1H3,(H2,31,36)(H2,32,37);1-4,7-14,17H,5-6,15-16H2,(H2,31,35)(H2,32,36);1-4,7-14,17H,5-6,15-16H2,(H2,31,36)(H,34,35). The van der Waals surface area contributed by atoms with E-state index in [-0.39, 0.29) is 80.3 Å². The Bertz CT molecular complexity index is 6970. The number of para-hydroxylation sites is 8. The van der Waals surface area contributed by atoms with Crippen LogP contribution in [0.2, 0.25) is 0 Å². The number of fused-ring (bicyclic) bond motifs is 4. The molecule has 6 atom stereocenters. The molecule has 16 aromatic rings. The third-order valence-electron chi connectivity index (χ3n) is 24.2. The van der Waals surface area contributed by atoms with Crippen LogP contribution in [0.3, 0.4) is 0 Å². The second kappa shape index (κ2) is 48.7. The number of hydrogen-bond donors (Lipinski definition) is 9. The van der Waals surface area contributed by atoms with Gasteiger partial charge in [0, 0.05) is 84.9 Å². The number of amides is 6. The van der Waals surface area contributed by atoms with Crippen LogP contribution >= 0.6 is 0 Å². The summed E-state index contributed by atoms with van der Waals surface area (Å²) in [6.45, 7) is 3.75. The number of imidazole rings is 4. The Labute approximate surface area is 848 Å². The summed E-state index contributed by atoms with van der Waals surface area (Å²) in [5, 5.41) is 21.1. The van der Waals surface area contributed by atoms with Gasteiger partial charge in [-0.1, -0.05) is 55.5 Å². The number of hydrogen-bond acceptors (Lipinski definition) is 17. The number of primary amides is 6. The molecule has 4 aromatic heterocycles. The molecule has 41 heteroatoms. The third-order valence-corrected chi connectivity index (χ3v) is 24.2. The number of halogens is 12. The molecule has 0 saturated carbocycles. The van der Waals surface area contributed by atoms with Gasteiger partial charge in [0.05, 0.1) is 78.5 Å². The van der Waals surface area contributed by atoms with E-state index in [0.717, 1.165) is 115 Å². The number of carbonyl (C=O) groups is 8. The first-order valence-electron chi connectivity index (χ1n) is 46.9. The molecule has 6 amide bonds. The zero-order chi connectivity index (χ0) is 108. The highest BCUT2D eigenvalue weighted by Crippen LogP contribution is 2.41. The average Bonchev–Trinajstić information content (AvgIpc) is 1.67. The quantitative estimate of drug-likeness (QED) is 0.0161. The van der Waals surface area contributed by atoms with Gasteiger partial charge in [-0.3, -0.25) is 61.9 Å². The van der Waals surface area contributed by atoms with Gasteiger partial charge in [0.2, 0.25) is 35.4 Å². The number of aryl methyl sites for hydroxylation is 2. The molecule has 0 radical (unpaired) electrons. The van der Waals surface area contributed by atoms with Crippen LogP contribution in [0.4, 0.5) is 52.7 Å². The zero-order valence-electron chi connectivity index (χ0n) is 80.2. The minimum Gasteiger partial charge on any atom is -0.481 e. The van der Waals surface area contributed by atoms with E-state index in [2.05, 4.69) is 5.32 Å².